The number of benzene rings is 2. The summed E-state index contributed by atoms with van der Waals surface area (Å²) < 4.78 is 23.1. The minimum absolute atomic E-state index is 0.140. The first-order chi connectivity index (χ1) is 20.6. The molecule has 0 unspecified atom stereocenters. The van der Waals surface area contributed by atoms with Gasteiger partial charge in [0, 0.05) is 24.5 Å². The van der Waals surface area contributed by atoms with Crippen molar-refractivity contribution in [3.05, 3.63) is 84.7 Å². The molecule has 2 aromatic carbocycles. The molecule has 0 atom stereocenters. The highest BCUT2D eigenvalue weighted by Gasteiger charge is 2.21. The highest BCUT2D eigenvalue weighted by atomic mass is 16.6. The number of fused-ring (bicyclic) bond motifs is 1. The number of amides is 2. The van der Waals surface area contributed by atoms with E-state index in [4.69, 9.17) is 18.9 Å². The van der Waals surface area contributed by atoms with Gasteiger partial charge in [-0.3, -0.25) is 14.1 Å². The molecule has 1 N–H and O–H groups in total. The van der Waals surface area contributed by atoms with Crippen molar-refractivity contribution in [1.29, 1.82) is 0 Å². The Balaban J connectivity index is 1.25. The monoisotopic (exact) mass is 588 g/mol. The van der Waals surface area contributed by atoms with Crippen molar-refractivity contribution in [2.75, 3.05) is 43.7 Å². The summed E-state index contributed by atoms with van der Waals surface area (Å²) in [6.45, 7) is 5.54. The average Bonchev–Trinajstić information content (AvgIpc) is 3.40. The lowest BCUT2D eigenvalue weighted by molar-refractivity contribution is -0.151. The van der Waals surface area contributed by atoms with Crippen LogP contribution in [0.5, 0.6) is 0 Å². The van der Waals surface area contributed by atoms with Gasteiger partial charge in [0.2, 0.25) is 5.91 Å². The number of ether oxygens (including phenoxy) is 4. The first-order valence-electron chi connectivity index (χ1n) is 13.8. The van der Waals surface area contributed by atoms with Gasteiger partial charge in [0.05, 0.1) is 30.8 Å². The summed E-state index contributed by atoms with van der Waals surface area (Å²) in [5.41, 5.74) is 3.79. The van der Waals surface area contributed by atoms with E-state index in [0.717, 1.165) is 16.8 Å². The second-order valence-electron chi connectivity index (χ2n) is 10.7. The lowest BCUT2D eigenvalue weighted by atomic mass is 10.1. The van der Waals surface area contributed by atoms with Crippen LogP contribution >= 0.6 is 0 Å². The molecule has 0 fully saturated rings. The van der Waals surface area contributed by atoms with Crippen molar-refractivity contribution in [2.45, 2.75) is 33.0 Å². The quantitative estimate of drug-likeness (QED) is 0.180. The Hall–Kier alpha value is -4.74. The van der Waals surface area contributed by atoms with E-state index in [1.807, 2.05) is 86.0 Å². The molecule has 0 aliphatic heterocycles. The predicted octanol–water partition coefficient (Wildman–Crippen LogP) is 5.09. The Morgan fingerprint density at radius 1 is 0.930 bits per heavy atom. The molecule has 0 aliphatic carbocycles. The highest BCUT2D eigenvalue weighted by molar-refractivity contribution is 5.92. The minimum Gasteiger partial charge on any atom is -0.459 e. The van der Waals surface area contributed by atoms with Crippen LogP contribution in [0.15, 0.2) is 79.1 Å². The number of hydrogen-bond donors (Lipinski definition) is 1. The molecule has 11 nitrogen and oxygen atoms in total. The molecule has 11 heteroatoms. The molecule has 2 aromatic heterocycles. The first kappa shape index (κ1) is 31.2. The summed E-state index contributed by atoms with van der Waals surface area (Å²) in [6, 6.07) is 20.3. The molecular formula is C32H36N4O7. The van der Waals surface area contributed by atoms with Crippen molar-refractivity contribution in [3.8, 4) is 11.3 Å². The van der Waals surface area contributed by atoms with Crippen LogP contribution < -0.4 is 10.2 Å². The van der Waals surface area contributed by atoms with Gasteiger partial charge in [-0.25, -0.2) is 14.6 Å². The molecule has 4 rings (SSSR count). The number of pyridine rings is 1. The number of anilines is 2. The summed E-state index contributed by atoms with van der Waals surface area (Å²) >= 11 is 0. The van der Waals surface area contributed by atoms with Crippen molar-refractivity contribution >= 4 is 35.0 Å². The molecule has 226 valence electrons. The summed E-state index contributed by atoms with van der Waals surface area (Å²) in [5, 5.41) is 2.82. The molecule has 0 saturated heterocycles. The van der Waals surface area contributed by atoms with E-state index in [1.54, 1.807) is 25.4 Å². The topological polar surface area (TPSA) is 121 Å². The van der Waals surface area contributed by atoms with Crippen LogP contribution in [0, 0.1) is 0 Å². The minimum atomic E-state index is -0.613. The Morgan fingerprint density at radius 3 is 2.42 bits per heavy atom. The van der Waals surface area contributed by atoms with Crippen LogP contribution in [-0.4, -0.2) is 66.4 Å². The summed E-state index contributed by atoms with van der Waals surface area (Å²) in [5.74, 6) is -0.808. The maximum Gasteiger partial charge on any atom is 0.414 e. The third kappa shape index (κ3) is 9.38. The fourth-order valence-electron chi connectivity index (χ4n) is 3.99. The van der Waals surface area contributed by atoms with Gasteiger partial charge in [-0.05, 0) is 50.6 Å². The number of imidazole rings is 1. The van der Waals surface area contributed by atoms with E-state index >= 15 is 0 Å². The molecule has 0 aliphatic rings. The normalized spacial score (nSPS) is 11.3. The number of nitrogens with one attached hydrogen (secondary N) is 1. The number of aromatic nitrogens is 2. The van der Waals surface area contributed by atoms with Crippen molar-refractivity contribution in [2.24, 2.45) is 0 Å². The maximum atomic E-state index is 12.6. The number of rotatable bonds is 12. The third-order valence-corrected chi connectivity index (χ3v) is 6.05. The SMILES string of the molecule is CN(C(=O)OC(C)(C)C)c1ccc2ncc(-c3cccc(NC(=O)COCCOCC(=O)OCc4ccccc4)c3)n2c1. The van der Waals surface area contributed by atoms with Crippen molar-refractivity contribution in [1.82, 2.24) is 9.38 Å². The summed E-state index contributed by atoms with van der Waals surface area (Å²) in [6.07, 6.45) is 3.08. The van der Waals surface area contributed by atoms with Gasteiger partial charge < -0.3 is 24.3 Å². The molecule has 2 heterocycles. The molecule has 2 amide bonds. The van der Waals surface area contributed by atoms with E-state index in [0.29, 0.717) is 17.0 Å². The average molecular weight is 589 g/mol. The van der Waals surface area contributed by atoms with Gasteiger partial charge in [0.1, 0.15) is 31.1 Å². The number of hydrogen-bond acceptors (Lipinski definition) is 8. The summed E-state index contributed by atoms with van der Waals surface area (Å²) in [7, 11) is 1.65. The van der Waals surface area contributed by atoms with E-state index < -0.39 is 17.7 Å². The van der Waals surface area contributed by atoms with Gasteiger partial charge in [0.15, 0.2) is 0 Å². The number of carbonyl (C=O) groups is 3. The van der Waals surface area contributed by atoms with Gasteiger partial charge in [0.25, 0.3) is 0 Å². The molecule has 4 aromatic rings. The second-order valence-corrected chi connectivity index (χ2v) is 10.7. The fraction of sp³-hybridized carbons (Fsp3) is 0.312. The number of carbonyl (C=O) groups excluding carboxylic acids is 3. The number of nitrogens with zero attached hydrogens (tertiary/aromatic N) is 3. The Bertz CT molecular complexity index is 1550. The molecule has 0 bridgehead atoms. The van der Waals surface area contributed by atoms with Crippen LogP contribution in [0.4, 0.5) is 16.2 Å². The Morgan fingerprint density at radius 2 is 1.67 bits per heavy atom. The Labute approximate surface area is 250 Å². The van der Waals surface area contributed by atoms with E-state index in [9.17, 15) is 14.4 Å². The van der Waals surface area contributed by atoms with Gasteiger partial charge in [-0.1, -0.05) is 42.5 Å². The zero-order chi connectivity index (χ0) is 30.8. The lowest BCUT2D eigenvalue weighted by Gasteiger charge is -2.24. The van der Waals surface area contributed by atoms with Gasteiger partial charge in [-0.15, -0.1) is 0 Å². The molecular weight excluding hydrogens is 552 g/mol. The van der Waals surface area contributed by atoms with Gasteiger partial charge in [-0.2, -0.15) is 0 Å². The zero-order valence-corrected chi connectivity index (χ0v) is 24.7. The third-order valence-electron chi connectivity index (χ3n) is 6.05. The van der Waals surface area contributed by atoms with Gasteiger partial charge >= 0.3 is 12.1 Å². The lowest BCUT2D eigenvalue weighted by Crippen LogP contribution is -2.34. The summed E-state index contributed by atoms with van der Waals surface area (Å²) in [4.78, 5) is 42.7. The van der Waals surface area contributed by atoms with Crippen molar-refractivity contribution < 1.29 is 33.3 Å². The van der Waals surface area contributed by atoms with Crippen LogP contribution in [0.3, 0.4) is 0 Å². The molecule has 0 spiro atoms. The van der Waals surface area contributed by atoms with E-state index in [-0.39, 0.29) is 38.9 Å². The first-order valence-corrected chi connectivity index (χ1v) is 13.8. The zero-order valence-electron chi connectivity index (χ0n) is 24.7. The maximum absolute atomic E-state index is 12.6. The van der Waals surface area contributed by atoms with Crippen LogP contribution in [0.2, 0.25) is 0 Å². The Kier molecular flexibility index (Phi) is 10.5. The van der Waals surface area contributed by atoms with E-state index in [2.05, 4.69) is 10.3 Å². The smallest absolute Gasteiger partial charge is 0.414 e. The highest BCUT2D eigenvalue weighted by Crippen LogP contribution is 2.26. The van der Waals surface area contributed by atoms with E-state index in [1.165, 1.54) is 4.90 Å². The largest absolute Gasteiger partial charge is 0.459 e. The fourth-order valence-corrected chi connectivity index (χ4v) is 3.99. The van der Waals surface area contributed by atoms with Crippen LogP contribution in [-0.2, 0) is 35.1 Å². The molecule has 0 radical (unpaired) electrons. The predicted molar refractivity (Wildman–Crippen MR) is 162 cm³/mol. The molecule has 43 heavy (non-hydrogen) atoms. The van der Waals surface area contributed by atoms with Crippen LogP contribution in [0.25, 0.3) is 16.9 Å². The second kappa shape index (κ2) is 14.4. The van der Waals surface area contributed by atoms with Crippen molar-refractivity contribution in [3.63, 3.8) is 0 Å². The van der Waals surface area contributed by atoms with Crippen LogP contribution in [0.1, 0.15) is 26.3 Å². The standard InChI is InChI=1S/C32H36N4O7/c1-32(2,3)43-31(39)35(4)26-13-14-28-33-18-27(36(28)19-26)24-11-8-12-25(17-24)34-29(37)21-40-15-16-41-22-30(38)42-20-23-9-6-5-7-10-23/h5-14,17-19H,15-16,20-22H2,1-4H3,(H,34,37). The molecule has 0 saturated carbocycles. The number of esters is 1.